The second-order valence-electron chi connectivity index (χ2n) is 7.10. The highest BCUT2D eigenvalue weighted by atomic mass is 35.5. The van der Waals surface area contributed by atoms with Gasteiger partial charge in [0.25, 0.3) is 0 Å². The summed E-state index contributed by atoms with van der Waals surface area (Å²) in [6.07, 6.45) is 4.60. The molecule has 1 N–H and O–H groups in total. The average Bonchev–Trinajstić information content (AvgIpc) is 2.77. The topological polar surface area (TPSA) is 77.1 Å². The molecule has 0 aliphatic heterocycles. The summed E-state index contributed by atoms with van der Waals surface area (Å²) >= 11 is 5.87. The van der Waals surface area contributed by atoms with Crippen molar-refractivity contribution < 1.29 is 23.8 Å². The largest absolute Gasteiger partial charge is 0.497 e. The number of nitrogens with zero attached hydrogens (tertiary/aromatic N) is 1. The van der Waals surface area contributed by atoms with Crippen molar-refractivity contribution in [1.29, 1.82) is 0 Å². The first-order valence-electron chi connectivity index (χ1n) is 9.89. The fourth-order valence-corrected chi connectivity index (χ4v) is 3.77. The third-order valence-electron chi connectivity index (χ3n) is 5.25. The van der Waals surface area contributed by atoms with E-state index in [0.29, 0.717) is 11.3 Å². The molecule has 7 nitrogen and oxygen atoms in total. The van der Waals surface area contributed by atoms with E-state index >= 15 is 0 Å². The molecule has 1 aliphatic rings. The summed E-state index contributed by atoms with van der Waals surface area (Å²) in [5.41, 5.74) is 0.670. The van der Waals surface area contributed by atoms with Crippen molar-refractivity contribution in [3.8, 4) is 5.75 Å². The number of rotatable bonds is 10. The van der Waals surface area contributed by atoms with Gasteiger partial charge in [0.2, 0.25) is 11.8 Å². The molecule has 0 aromatic heterocycles. The van der Waals surface area contributed by atoms with Crippen LogP contribution in [0.2, 0.25) is 0 Å². The maximum Gasteiger partial charge on any atom is 0.247 e. The monoisotopic (exact) mass is 426 g/mol. The molecule has 1 aromatic rings. The summed E-state index contributed by atoms with van der Waals surface area (Å²) in [5, 5.41) is 3.13. The lowest BCUT2D eigenvalue weighted by Gasteiger charge is -2.34. The quantitative estimate of drug-likeness (QED) is 0.460. The number of carbonyl (C=O) groups excluding carboxylic acids is 2. The first-order chi connectivity index (χ1) is 14.0. The molecule has 162 valence electrons. The zero-order chi connectivity index (χ0) is 21.2. The first-order valence-corrected chi connectivity index (χ1v) is 10.4. The molecule has 1 atom stereocenters. The van der Waals surface area contributed by atoms with Gasteiger partial charge in [-0.05, 0) is 30.5 Å². The van der Waals surface area contributed by atoms with Gasteiger partial charge in [-0.1, -0.05) is 31.4 Å². The molecular formula is C21H31ClN2O5. The maximum absolute atomic E-state index is 13.3. The van der Waals surface area contributed by atoms with Crippen molar-refractivity contribution in [3.63, 3.8) is 0 Å². The van der Waals surface area contributed by atoms with Crippen LogP contribution in [0.3, 0.4) is 0 Å². The lowest BCUT2D eigenvalue weighted by atomic mass is 9.94. The van der Waals surface area contributed by atoms with Gasteiger partial charge in [0.1, 0.15) is 17.7 Å². The molecule has 1 aliphatic carbocycles. The van der Waals surface area contributed by atoms with Crippen LogP contribution >= 0.6 is 11.6 Å². The molecule has 1 saturated carbocycles. The molecule has 0 bridgehead atoms. The Morgan fingerprint density at radius 3 is 2.24 bits per heavy atom. The molecule has 0 radical (unpaired) electrons. The Labute approximate surface area is 177 Å². The Morgan fingerprint density at radius 2 is 1.72 bits per heavy atom. The van der Waals surface area contributed by atoms with Crippen molar-refractivity contribution in [2.45, 2.75) is 50.5 Å². The second kappa shape index (κ2) is 12.0. The Hall–Kier alpha value is -1.83. The van der Waals surface area contributed by atoms with Crippen molar-refractivity contribution >= 4 is 23.4 Å². The Morgan fingerprint density at radius 1 is 1.10 bits per heavy atom. The van der Waals surface area contributed by atoms with Gasteiger partial charge >= 0.3 is 0 Å². The molecule has 1 aromatic carbocycles. The minimum Gasteiger partial charge on any atom is -0.497 e. The zero-order valence-electron chi connectivity index (χ0n) is 17.4. The SMILES string of the molecule is COc1ccc(C(C(=O)NC2CCCCC2)N(CC(OC)OC)C(=O)CCl)cc1. The van der Waals surface area contributed by atoms with Crippen LogP contribution in [0.15, 0.2) is 24.3 Å². The molecule has 1 fully saturated rings. The third-order valence-corrected chi connectivity index (χ3v) is 5.48. The number of methoxy groups -OCH3 is 3. The van der Waals surface area contributed by atoms with Crippen LogP contribution in [0.4, 0.5) is 0 Å². The molecule has 0 spiro atoms. The van der Waals surface area contributed by atoms with Crippen molar-refractivity contribution in [2.75, 3.05) is 33.8 Å². The molecular weight excluding hydrogens is 396 g/mol. The van der Waals surface area contributed by atoms with E-state index in [1.54, 1.807) is 31.4 Å². The molecule has 0 heterocycles. The highest BCUT2D eigenvalue weighted by Gasteiger charge is 2.34. The number of benzene rings is 1. The fraction of sp³-hybridized carbons (Fsp3) is 0.619. The molecule has 2 amide bonds. The number of alkyl halides is 1. The standard InChI is InChI=1S/C21H31ClN2O5/c1-27-17-11-9-15(10-12-17)20(21(26)23-16-7-5-4-6-8-16)24(18(25)13-22)14-19(28-2)29-3/h9-12,16,19-20H,4-8,13-14H2,1-3H3,(H,23,26). The molecule has 1 unspecified atom stereocenters. The highest BCUT2D eigenvalue weighted by Crippen LogP contribution is 2.26. The van der Waals surface area contributed by atoms with E-state index in [4.69, 9.17) is 25.8 Å². The number of ether oxygens (including phenoxy) is 3. The summed E-state index contributed by atoms with van der Waals surface area (Å²) in [5.74, 6) is -0.178. The van der Waals surface area contributed by atoms with Crippen LogP contribution in [-0.2, 0) is 19.1 Å². The van der Waals surface area contributed by atoms with Gasteiger partial charge in [0.05, 0.1) is 13.7 Å². The predicted molar refractivity (Wildman–Crippen MR) is 111 cm³/mol. The van der Waals surface area contributed by atoms with Crippen molar-refractivity contribution in [1.82, 2.24) is 10.2 Å². The number of hydrogen-bond acceptors (Lipinski definition) is 5. The number of amides is 2. The number of halogens is 1. The van der Waals surface area contributed by atoms with Gasteiger partial charge in [-0.3, -0.25) is 9.59 Å². The Balaban J connectivity index is 2.35. The molecule has 8 heteroatoms. The smallest absolute Gasteiger partial charge is 0.247 e. The van der Waals surface area contributed by atoms with E-state index in [1.165, 1.54) is 25.5 Å². The van der Waals surface area contributed by atoms with E-state index in [-0.39, 0.29) is 30.3 Å². The summed E-state index contributed by atoms with van der Waals surface area (Å²) in [4.78, 5) is 27.4. The Bertz CT molecular complexity index is 645. The van der Waals surface area contributed by atoms with E-state index in [1.807, 2.05) is 0 Å². The van der Waals surface area contributed by atoms with Gasteiger partial charge in [-0.2, -0.15) is 0 Å². The molecule has 29 heavy (non-hydrogen) atoms. The van der Waals surface area contributed by atoms with Crippen LogP contribution in [0, 0.1) is 0 Å². The zero-order valence-corrected chi connectivity index (χ0v) is 18.1. The van der Waals surface area contributed by atoms with E-state index < -0.39 is 12.3 Å². The molecule has 0 saturated heterocycles. The fourth-order valence-electron chi connectivity index (χ4n) is 3.62. The van der Waals surface area contributed by atoms with E-state index in [0.717, 1.165) is 25.7 Å². The third kappa shape index (κ3) is 6.59. The van der Waals surface area contributed by atoms with Crippen LogP contribution in [-0.4, -0.2) is 62.8 Å². The normalized spacial score (nSPS) is 15.8. The van der Waals surface area contributed by atoms with Gasteiger partial charge < -0.3 is 24.4 Å². The van der Waals surface area contributed by atoms with Crippen LogP contribution in [0.1, 0.15) is 43.7 Å². The number of carbonyl (C=O) groups is 2. The number of nitrogens with one attached hydrogen (secondary N) is 1. The van der Waals surface area contributed by atoms with Crippen LogP contribution in [0.5, 0.6) is 5.75 Å². The lowest BCUT2D eigenvalue weighted by Crippen LogP contribution is -2.50. The van der Waals surface area contributed by atoms with Gasteiger partial charge in [0.15, 0.2) is 6.29 Å². The summed E-state index contributed by atoms with van der Waals surface area (Å²) in [6.45, 7) is 0.0767. The highest BCUT2D eigenvalue weighted by molar-refractivity contribution is 6.27. The van der Waals surface area contributed by atoms with Gasteiger partial charge in [0, 0.05) is 20.3 Å². The van der Waals surface area contributed by atoms with Crippen LogP contribution in [0.25, 0.3) is 0 Å². The Kier molecular flexibility index (Phi) is 9.70. The molecule has 2 rings (SSSR count). The van der Waals surface area contributed by atoms with Gasteiger partial charge in [-0.15, -0.1) is 11.6 Å². The summed E-state index contributed by atoms with van der Waals surface area (Å²) in [7, 11) is 4.55. The first kappa shape index (κ1) is 23.4. The second-order valence-corrected chi connectivity index (χ2v) is 7.37. The van der Waals surface area contributed by atoms with Crippen LogP contribution < -0.4 is 10.1 Å². The summed E-state index contributed by atoms with van der Waals surface area (Å²) < 4.78 is 15.7. The van der Waals surface area contributed by atoms with Gasteiger partial charge in [-0.25, -0.2) is 0 Å². The minimum atomic E-state index is -0.845. The number of hydrogen-bond donors (Lipinski definition) is 1. The minimum absolute atomic E-state index is 0.0767. The average molecular weight is 427 g/mol. The van der Waals surface area contributed by atoms with Crippen molar-refractivity contribution in [3.05, 3.63) is 29.8 Å². The van der Waals surface area contributed by atoms with E-state index in [2.05, 4.69) is 5.32 Å². The summed E-state index contributed by atoms with van der Waals surface area (Å²) in [6, 6.07) is 6.38. The maximum atomic E-state index is 13.3. The van der Waals surface area contributed by atoms with E-state index in [9.17, 15) is 9.59 Å². The lowest BCUT2D eigenvalue weighted by molar-refractivity contribution is -0.153. The van der Waals surface area contributed by atoms with Crippen molar-refractivity contribution in [2.24, 2.45) is 0 Å². The predicted octanol–water partition coefficient (Wildman–Crippen LogP) is 2.87.